The summed E-state index contributed by atoms with van der Waals surface area (Å²) in [5.74, 6) is -0.551. The third-order valence-corrected chi connectivity index (χ3v) is 7.06. The summed E-state index contributed by atoms with van der Waals surface area (Å²) in [7, 11) is 0. The highest BCUT2D eigenvalue weighted by Gasteiger charge is 2.25. The zero-order valence-corrected chi connectivity index (χ0v) is 19.5. The first-order valence-corrected chi connectivity index (χ1v) is 12.1. The number of para-hydroxylation sites is 1. The van der Waals surface area contributed by atoms with Crippen molar-refractivity contribution >= 4 is 22.0 Å². The number of piperidine rings is 1. The van der Waals surface area contributed by atoms with Gasteiger partial charge in [-0.05, 0) is 74.8 Å². The zero-order valence-electron chi connectivity index (χ0n) is 19.5. The lowest BCUT2D eigenvalue weighted by Crippen LogP contribution is -2.35. The molecule has 6 rings (SSSR count). The van der Waals surface area contributed by atoms with Gasteiger partial charge in [0.1, 0.15) is 17.3 Å². The molecule has 0 saturated carbocycles. The molecular weight excluding hydrogens is 462 g/mol. The van der Waals surface area contributed by atoms with Gasteiger partial charge in [-0.2, -0.15) is 0 Å². The van der Waals surface area contributed by atoms with E-state index >= 15 is 0 Å². The molecule has 0 radical (unpaired) electrons. The van der Waals surface area contributed by atoms with Crippen LogP contribution in [0.2, 0.25) is 0 Å². The van der Waals surface area contributed by atoms with Gasteiger partial charge in [-0.25, -0.2) is 13.8 Å². The highest BCUT2D eigenvalue weighted by Crippen LogP contribution is 2.32. The predicted molar refractivity (Wildman–Crippen MR) is 133 cm³/mol. The monoisotopic (exact) mass is 486 g/mol. The Bertz CT molecular complexity index is 1620. The van der Waals surface area contributed by atoms with Crippen molar-refractivity contribution in [2.45, 2.75) is 25.2 Å². The Kier molecular flexibility index (Phi) is 5.81. The van der Waals surface area contributed by atoms with E-state index in [2.05, 4.69) is 15.0 Å². The second kappa shape index (κ2) is 9.28. The molecule has 1 saturated heterocycles. The van der Waals surface area contributed by atoms with Gasteiger partial charge in [0.2, 0.25) is 0 Å². The van der Waals surface area contributed by atoms with Crippen LogP contribution >= 0.6 is 0 Å². The molecule has 0 N–H and O–H groups in total. The lowest BCUT2D eigenvalue weighted by atomic mass is 9.91. The van der Waals surface area contributed by atoms with Gasteiger partial charge in [0.05, 0.1) is 11.4 Å². The number of hydrogen-bond acceptors (Lipinski definition) is 5. The minimum atomic E-state index is -0.464. The highest BCUT2D eigenvalue weighted by molar-refractivity contribution is 5.80. The predicted octanol–water partition coefficient (Wildman–Crippen LogP) is 5.23. The summed E-state index contributed by atoms with van der Waals surface area (Å²) < 4.78 is 34.8. The van der Waals surface area contributed by atoms with Crippen molar-refractivity contribution < 1.29 is 13.3 Å². The molecule has 8 heteroatoms. The molecule has 1 fully saturated rings. The van der Waals surface area contributed by atoms with E-state index < -0.39 is 5.82 Å². The molecule has 0 atom stereocenters. The lowest BCUT2D eigenvalue weighted by Gasteiger charge is -2.31. The van der Waals surface area contributed by atoms with Gasteiger partial charge in [-0.3, -0.25) is 9.36 Å². The molecule has 4 heterocycles. The van der Waals surface area contributed by atoms with E-state index in [-0.39, 0.29) is 23.0 Å². The van der Waals surface area contributed by atoms with Gasteiger partial charge < -0.3 is 9.42 Å². The van der Waals surface area contributed by atoms with Crippen LogP contribution in [0.25, 0.3) is 27.7 Å². The molecule has 0 aliphatic carbocycles. The van der Waals surface area contributed by atoms with E-state index in [0.717, 1.165) is 48.9 Å². The van der Waals surface area contributed by atoms with E-state index in [1.165, 1.54) is 22.8 Å². The van der Waals surface area contributed by atoms with Crippen LogP contribution in [-0.4, -0.2) is 39.2 Å². The van der Waals surface area contributed by atoms with Gasteiger partial charge in [0.25, 0.3) is 5.56 Å². The Labute approximate surface area is 205 Å². The summed E-state index contributed by atoms with van der Waals surface area (Å²) in [6, 6.07) is 16.4. The van der Waals surface area contributed by atoms with Crippen LogP contribution in [0.3, 0.4) is 0 Å². The van der Waals surface area contributed by atoms with E-state index in [1.807, 2.05) is 18.2 Å². The van der Waals surface area contributed by atoms with Gasteiger partial charge in [0.15, 0.2) is 5.58 Å². The van der Waals surface area contributed by atoms with Crippen molar-refractivity contribution in [3.63, 3.8) is 0 Å². The Hall–Kier alpha value is -3.91. The number of fused-ring (bicyclic) bond motifs is 2. The molecule has 0 unspecified atom stereocenters. The number of pyridine rings is 2. The normalized spacial score (nSPS) is 15.2. The topological polar surface area (TPSA) is 64.2 Å². The standard InChI is InChI=1S/C28H24F2N4O2/c29-21-7-8-22-25(17-21)36-32-26(22)18-9-13-33(14-10-18)15-11-20-16-19-4-3-12-31-27(19)34(28(20)35)24-6-2-1-5-23(24)30/h1-8,12,16-18H,9-11,13-15H2. The maximum Gasteiger partial charge on any atom is 0.260 e. The van der Waals surface area contributed by atoms with Crippen LogP contribution in [0.4, 0.5) is 8.78 Å². The zero-order chi connectivity index (χ0) is 24.6. The van der Waals surface area contributed by atoms with Crippen LogP contribution < -0.4 is 5.56 Å². The van der Waals surface area contributed by atoms with Gasteiger partial charge in [0, 0.05) is 41.1 Å². The number of hydrogen-bond donors (Lipinski definition) is 0. The van der Waals surface area contributed by atoms with Crippen LogP contribution in [0, 0.1) is 11.6 Å². The minimum absolute atomic E-state index is 0.202. The number of benzene rings is 2. The molecular formula is C28H24F2N4O2. The maximum absolute atomic E-state index is 14.6. The third kappa shape index (κ3) is 4.07. The van der Waals surface area contributed by atoms with Crippen molar-refractivity contribution in [3.05, 3.63) is 100 Å². The Morgan fingerprint density at radius 3 is 2.67 bits per heavy atom. The quantitative estimate of drug-likeness (QED) is 0.341. The summed E-state index contributed by atoms with van der Waals surface area (Å²) in [5.41, 5.74) is 2.39. The average molecular weight is 487 g/mol. The number of likely N-dealkylation sites (tertiary alicyclic amines) is 1. The molecule has 3 aromatic heterocycles. The number of aromatic nitrogens is 3. The van der Waals surface area contributed by atoms with Gasteiger partial charge in [-0.1, -0.05) is 17.3 Å². The van der Waals surface area contributed by atoms with Crippen molar-refractivity contribution in [2.75, 3.05) is 19.6 Å². The van der Waals surface area contributed by atoms with Crippen LogP contribution in [-0.2, 0) is 6.42 Å². The summed E-state index contributed by atoms with van der Waals surface area (Å²) in [6.07, 6.45) is 3.96. The van der Waals surface area contributed by atoms with Crippen LogP contribution in [0.15, 0.2) is 76.2 Å². The molecule has 1 aliphatic rings. The number of halogens is 2. The maximum atomic E-state index is 14.6. The van der Waals surface area contributed by atoms with Crippen LogP contribution in [0.1, 0.15) is 30.0 Å². The smallest absolute Gasteiger partial charge is 0.260 e. The van der Waals surface area contributed by atoms with Gasteiger partial charge >= 0.3 is 0 Å². The van der Waals surface area contributed by atoms with E-state index in [1.54, 1.807) is 30.5 Å². The second-order valence-corrected chi connectivity index (χ2v) is 9.25. The van der Waals surface area contributed by atoms with Crippen molar-refractivity contribution in [1.29, 1.82) is 0 Å². The first kappa shape index (κ1) is 22.5. The first-order chi connectivity index (χ1) is 17.6. The van der Waals surface area contributed by atoms with Crippen molar-refractivity contribution in [2.24, 2.45) is 0 Å². The molecule has 36 heavy (non-hydrogen) atoms. The fourth-order valence-corrected chi connectivity index (χ4v) is 5.17. The Morgan fingerprint density at radius 1 is 1.00 bits per heavy atom. The molecule has 2 aromatic carbocycles. The van der Waals surface area contributed by atoms with Gasteiger partial charge in [-0.15, -0.1) is 0 Å². The molecule has 1 aliphatic heterocycles. The largest absolute Gasteiger partial charge is 0.356 e. The summed E-state index contributed by atoms with van der Waals surface area (Å²) in [4.78, 5) is 20.1. The highest BCUT2D eigenvalue weighted by atomic mass is 19.1. The minimum Gasteiger partial charge on any atom is -0.356 e. The van der Waals surface area contributed by atoms with Crippen molar-refractivity contribution in [3.8, 4) is 5.69 Å². The fourth-order valence-electron chi connectivity index (χ4n) is 5.17. The fraction of sp³-hybridized carbons (Fsp3) is 0.250. The Morgan fingerprint density at radius 2 is 1.83 bits per heavy atom. The summed E-state index contributed by atoms with van der Waals surface area (Å²) in [5, 5.41) is 5.89. The van der Waals surface area contributed by atoms with Crippen LogP contribution in [0.5, 0.6) is 0 Å². The Balaban J connectivity index is 1.20. The SMILES string of the molecule is O=c1c(CCN2CCC(c3noc4cc(F)ccc34)CC2)cc2cccnc2n1-c1ccccc1F. The third-order valence-electron chi connectivity index (χ3n) is 7.06. The molecule has 182 valence electrons. The summed E-state index contributed by atoms with van der Waals surface area (Å²) >= 11 is 0. The lowest BCUT2D eigenvalue weighted by molar-refractivity contribution is 0.211. The van der Waals surface area contributed by atoms with E-state index in [4.69, 9.17) is 4.52 Å². The molecule has 6 nitrogen and oxygen atoms in total. The molecule has 0 spiro atoms. The van der Waals surface area contributed by atoms with Crippen molar-refractivity contribution in [1.82, 2.24) is 19.6 Å². The molecule has 5 aromatic rings. The summed E-state index contributed by atoms with van der Waals surface area (Å²) in [6.45, 7) is 2.43. The number of nitrogens with zero attached hydrogens (tertiary/aromatic N) is 4. The molecule has 0 bridgehead atoms. The van der Waals surface area contributed by atoms with E-state index in [9.17, 15) is 13.6 Å². The average Bonchev–Trinajstić information content (AvgIpc) is 3.31. The molecule has 0 amide bonds. The van der Waals surface area contributed by atoms with E-state index in [0.29, 0.717) is 23.2 Å². The second-order valence-electron chi connectivity index (χ2n) is 9.25. The first-order valence-electron chi connectivity index (χ1n) is 12.1. The number of rotatable bonds is 5.